The van der Waals surface area contributed by atoms with Crippen LogP contribution in [0.2, 0.25) is 0 Å². The van der Waals surface area contributed by atoms with Crippen molar-refractivity contribution in [3.63, 3.8) is 0 Å². The molecule has 0 amide bonds. The molecule has 1 atom stereocenters. The second-order valence-corrected chi connectivity index (χ2v) is 9.12. The molecule has 0 aliphatic heterocycles. The van der Waals surface area contributed by atoms with Gasteiger partial charge in [0, 0.05) is 10.9 Å². The molecular weight excluding hydrogens is 485 g/mol. The van der Waals surface area contributed by atoms with E-state index in [9.17, 15) is 13.4 Å². The predicted octanol–water partition coefficient (Wildman–Crippen LogP) is 4.57. The van der Waals surface area contributed by atoms with E-state index in [1.165, 1.54) is 6.07 Å². The van der Waals surface area contributed by atoms with E-state index in [1.54, 1.807) is 26.0 Å². The van der Waals surface area contributed by atoms with E-state index in [0.717, 1.165) is 22.3 Å². The van der Waals surface area contributed by atoms with Crippen LogP contribution in [0.4, 0.5) is 4.39 Å². The highest BCUT2D eigenvalue weighted by Crippen LogP contribution is 2.30. The van der Waals surface area contributed by atoms with Gasteiger partial charge in [-0.3, -0.25) is 4.72 Å². The molecule has 9 heteroatoms. The van der Waals surface area contributed by atoms with Crippen molar-refractivity contribution in [3.8, 4) is 0 Å². The Labute approximate surface area is 190 Å². The Hall–Kier alpha value is -2.52. The third-order valence-electron chi connectivity index (χ3n) is 5.19. The van der Waals surface area contributed by atoms with Crippen LogP contribution in [0.25, 0.3) is 11.3 Å². The molecule has 0 bridgehead atoms. The van der Waals surface area contributed by atoms with Crippen LogP contribution in [0, 0.1) is 26.6 Å². The number of H-pyrrole nitrogens is 1. The molecule has 0 spiro atoms. The summed E-state index contributed by atoms with van der Waals surface area (Å²) < 4.78 is 36.2. The molecule has 0 aliphatic carbocycles. The van der Waals surface area contributed by atoms with Gasteiger partial charge in [-0.25, -0.2) is 18.5 Å². The smallest absolute Gasteiger partial charge is 0.386 e. The van der Waals surface area contributed by atoms with E-state index < -0.39 is 22.6 Å². The van der Waals surface area contributed by atoms with Crippen LogP contribution < -0.4 is 10.5 Å². The van der Waals surface area contributed by atoms with E-state index in [4.69, 9.17) is 4.42 Å². The Morgan fingerprint density at radius 1 is 1.23 bits per heavy atom. The summed E-state index contributed by atoms with van der Waals surface area (Å²) in [6.07, 6.45) is 0.691. The number of nitrogens with one attached hydrogen (secondary N) is 2. The van der Waals surface area contributed by atoms with Crippen LogP contribution >= 0.6 is 15.9 Å². The lowest BCUT2D eigenvalue weighted by atomic mass is 9.96. The van der Waals surface area contributed by atoms with Crippen molar-refractivity contribution in [1.29, 1.82) is 0 Å². The molecule has 164 valence electrons. The summed E-state index contributed by atoms with van der Waals surface area (Å²) >= 11 is 3.44. The number of hydrogen-bond acceptors (Lipinski definition) is 4. The normalized spacial score (nSPS) is 13.1. The maximum atomic E-state index is 14.8. The molecule has 2 aromatic carbocycles. The molecule has 6 nitrogen and oxygen atoms in total. The van der Waals surface area contributed by atoms with E-state index in [1.807, 2.05) is 26.0 Å². The molecule has 0 saturated heterocycles. The molecular formula is C22H23BrFN3O3S. The summed E-state index contributed by atoms with van der Waals surface area (Å²) in [6.45, 7) is 7.32. The van der Waals surface area contributed by atoms with Gasteiger partial charge in [-0.15, -0.1) is 5.10 Å². The fraction of sp³-hybridized carbons (Fsp3) is 0.273. The van der Waals surface area contributed by atoms with Crippen molar-refractivity contribution in [2.75, 3.05) is 5.33 Å². The minimum atomic E-state index is -1.71. The SMILES string of the molecule is C/C(=C(\NS(=O)c1cccc(C)c1CCBr)c1n[nH]c(=O)o1)c1c(F)ccc(C)c1C. The first-order valence-electron chi connectivity index (χ1n) is 9.60. The van der Waals surface area contributed by atoms with Gasteiger partial charge in [0.15, 0.2) is 11.0 Å². The molecule has 3 aromatic rings. The molecule has 3 rings (SSSR count). The third-order valence-corrected chi connectivity index (χ3v) is 6.76. The summed E-state index contributed by atoms with van der Waals surface area (Å²) in [5, 5.41) is 6.80. The summed E-state index contributed by atoms with van der Waals surface area (Å²) in [5.41, 5.74) is 4.54. The first kappa shape index (κ1) is 23.1. The highest BCUT2D eigenvalue weighted by molar-refractivity contribution is 9.09. The zero-order valence-electron chi connectivity index (χ0n) is 17.6. The Balaban J connectivity index is 2.16. The predicted molar refractivity (Wildman–Crippen MR) is 124 cm³/mol. The Morgan fingerprint density at radius 2 is 1.97 bits per heavy atom. The highest BCUT2D eigenvalue weighted by Gasteiger charge is 2.22. The zero-order valence-corrected chi connectivity index (χ0v) is 20.0. The van der Waals surface area contributed by atoms with E-state index in [0.29, 0.717) is 27.8 Å². The molecule has 0 aliphatic rings. The second-order valence-electron chi connectivity index (χ2n) is 7.14. The number of halogens is 2. The van der Waals surface area contributed by atoms with E-state index in [2.05, 4.69) is 30.8 Å². The molecule has 1 heterocycles. The van der Waals surface area contributed by atoms with E-state index in [-0.39, 0.29) is 11.6 Å². The number of nitrogens with zero attached hydrogens (tertiary/aromatic N) is 1. The number of aromatic nitrogens is 2. The average molecular weight is 508 g/mol. The minimum absolute atomic E-state index is 0.0918. The molecule has 1 aromatic heterocycles. The van der Waals surface area contributed by atoms with Gasteiger partial charge in [-0.05, 0) is 74.1 Å². The van der Waals surface area contributed by atoms with Gasteiger partial charge in [0.05, 0.1) is 4.90 Å². The van der Waals surface area contributed by atoms with Crippen LogP contribution in [0.15, 0.2) is 44.4 Å². The average Bonchev–Trinajstić information content (AvgIpc) is 3.16. The van der Waals surface area contributed by atoms with Gasteiger partial charge in [-0.2, -0.15) is 0 Å². The lowest BCUT2D eigenvalue weighted by Gasteiger charge is -2.17. The Bertz CT molecular complexity index is 1230. The van der Waals surface area contributed by atoms with Gasteiger partial charge in [0.25, 0.3) is 5.89 Å². The lowest BCUT2D eigenvalue weighted by Crippen LogP contribution is -2.19. The molecule has 1 unspecified atom stereocenters. The Kier molecular flexibility index (Phi) is 7.27. The van der Waals surface area contributed by atoms with Crippen LogP contribution in [0.3, 0.4) is 0 Å². The number of aromatic amines is 1. The van der Waals surface area contributed by atoms with Crippen molar-refractivity contribution in [2.45, 2.75) is 39.0 Å². The minimum Gasteiger partial charge on any atom is -0.386 e. The number of benzene rings is 2. The third kappa shape index (κ3) is 4.88. The van der Waals surface area contributed by atoms with Gasteiger partial charge in [0.1, 0.15) is 11.5 Å². The van der Waals surface area contributed by atoms with Crippen LogP contribution in [-0.4, -0.2) is 19.7 Å². The second kappa shape index (κ2) is 9.74. The van der Waals surface area contributed by atoms with Gasteiger partial charge < -0.3 is 4.42 Å². The number of alkyl halides is 1. The number of hydrogen-bond donors (Lipinski definition) is 2. The quantitative estimate of drug-likeness (QED) is 0.458. The summed E-state index contributed by atoms with van der Waals surface area (Å²) in [5.74, 6) is -1.28. The fourth-order valence-electron chi connectivity index (χ4n) is 3.40. The number of allylic oxidation sites excluding steroid dienone is 1. The number of aryl methyl sites for hydroxylation is 2. The van der Waals surface area contributed by atoms with E-state index >= 15 is 0 Å². The van der Waals surface area contributed by atoms with Gasteiger partial charge in [-0.1, -0.05) is 34.1 Å². The molecule has 0 fully saturated rings. The van der Waals surface area contributed by atoms with Crippen LogP contribution in [0.5, 0.6) is 0 Å². The van der Waals surface area contributed by atoms with Crippen molar-refractivity contribution in [2.24, 2.45) is 0 Å². The Morgan fingerprint density at radius 3 is 2.61 bits per heavy atom. The van der Waals surface area contributed by atoms with Gasteiger partial charge >= 0.3 is 5.76 Å². The summed E-state index contributed by atoms with van der Waals surface area (Å²) in [4.78, 5) is 12.2. The first-order valence-corrected chi connectivity index (χ1v) is 11.9. The summed E-state index contributed by atoms with van der Waals surface area (Å²) in [6, 6.07) is 8.64. The maximum absolute atomic E-state index is 14.8. The lowest BCUT2D eigenvalue weighted by molar-refractivity contribution is 0.498. The van der Waals surface area contributed by atoms with Crippen molar-refractivity contribution < 1.29 is 13.0 Å². The standard InChI is InChI=1S/C22H23BrFN3O3S/c1-12-8-9-17(24)19(14(12)3)15(4)20(21-25-26-22(28)30-21)27-31(29)18-7-5-6-13(2)16(18)10-11-23/h5-9,27H,10-11H2,1-4H3,(H,26,28)/b20-15+. The van der Waals surface area contributed by atoms with Crippen LogP contribution in [0.1, 0.15) is 40.6 Å². The molecule has 31 heavy (non-hydrogen) atoms. The van der Waals surface area contributed by atoms with Crippen molar-refractivity contribution in [3.05, 3.63) is 80.4 Å². The molecule has 0 radical (unpaired) electrons. The fourth-order valence-corrected chi connectivity index (χ4v) is 5.02. The van der Waals surface area contributed by atoms with Crippen molar-refractivity contribution >= 4 is 38.2 Å². The molecule has 2 N–H and O–H groups in total. The largest absolute Gasteiger partial charge is 0.434 e. The van der Waals surface area contributed by atoms with Gasteiger partial charge in [0.2, 0.25) is 0 Å². The summed E-state index contributed by atoms with van der Waals surface area (Å²) in [7, 11) is -1.71. The molecule has 0 saturated carbocycles. The number of rotatable bonds is 7. The first-order chi connectivity index (χ1) is 14.7. The maximum Gasteiger partial charge on any atom is 0.434 e. The topological polar surface area (TPSA) is 88.0 Å². The zero-order chi connectivity index (χ0) is 22.7. The highest BCUT2D eigenvalue weighted by atomic mass is 79.9. The van der Waals surface area contributed by atoms with Crippen LogP contribution in [-0.2, 0) is 17.4 Å². The van der Waals surface area contributed by atoms with Crippen molar-refractivity contribution in [1.82, 2.24) is 14.9 Å². The monoisotopic (exact) mass is 507 g/mol.